The van der Waals surface area contributed by atoms with E-state index in [2.05, 4.69) is 10.5 Å². The average molecular weight is 422 g/mol. The summed E-state index contributed by atoms with van der Waals surface area (Å²) in [4.78, 5) is 24.4. The monoisotopic (exact) mass is 422 g/mol. The van der Waals surface area contributed by atoms with E-state index in [1.54, 1.807) is 48.5 Å². The van der Waals surface area contributed by atoms with E-state index in [4.69, 9.17) is 14.0 Å². The van der Waals surface area contributed by atoms with Crippen LogP contribution in [0.1, 0.15) is 57.5 Å². The second-order valence-corrected chi connectivity index (χ2v) is 7.14. The molecule has 0 fully saturated rings. The molecule has 1 aromatic heterocycles. The predicted molar refractivity (Wildman–Crippen MR) is 116 cm³/mol. The Hall–Kier alpha value is -3.61. The Morgan fingerprint density at radius 1 is 1.00 bits per heavy atom. The number of rotatable bonds is 9. The van der Waals surface area contributed by atoms with Crippen LogP contribution >= 0.6 is 0 Å². The normalized spacial score (nSPS) is 10.5. The molecule has 3 aromatic rings. The lowest BCUT2D eigenvalue weighted by atomic mass is 10.1. The molecular weight excluding hydrogens is 396 g/mol. The highest BCUT2D eigenvalue weighted by Gasteiger charge is 2.11. The molecule has 7 nitrogen and oxygen atoms in total. The van der Waals surface area contributed by atoms with E-state index < -0.39 is 0 Å². The summed E-state index contributed by atoms with van der Waals surface area (Å²) in [7, 11) is 0. The fourth-order valence-electron chi connectivity index (χ4n) is 2.85. The number of unbranched alkanes of at least 4 members (excludes halogenated alkanes) is 1. The first-order chi connectivity index (χ1) is 15.0. The molecular formula is C24H26N2O5. The van der Waals surface area contributed by atoms with Gasteiger partial charge in [-0.1, -0.05) is 18.5 Å². The Balaban J connectivity index is 1.54. The molecule has 0 radical (unpaired) electrons. The summed E-state index contributed by atoms with van der Waals surface area (Å²) in [5, 5.41) is 6.72. The van der Waals surface area contributed by atoms with Crippen molar-refractivity contribution in [2.75, 3.05) is 11.9 Å². The minimum Gasteiger partial charge on any atom is -0.489 e. The van der Waals surface area contributed by atoms with E-state index in [0.29, 0.717) is 35.8 Å². The van der Waals surface area contributed by atoms with Gasteiger partial charge in [-0.05, 0) is 68.8 Å². The molecule has 0 aliphatic rings. The number of benzene rings is 2. The lowest BCUT2D eigenvalue weighted by Gasteiger charge is -2.09. The Bertz CT molecular complexity index is 1000. The summed E-state index contributed by atoms with van der Waals surface area (Å²) in [6.45, 7) is 6.50. The van der Waals surface area contributed by atoms with E-state index in [9.17, 15) is 9.59 Å². The maximum atomic E-state index is 12.5. The maximum absolute atomic E-state index is 12.5. The van der Waals surface area contributed by atoms with Gasteiger partial charge in [0, 0.05) is 11.3 Å². The van der Waals surface area contributed by atoms with E-state index in [1.165, 1.54) is 0 Å². The number of hydrogen-bond donors (Lipinski definition) is 1. The molecule has 1 heterocycles. The molecule has 1 amide bonds. The maximum Gasteiger partial charge on any atom is 0.338 e. The number of ether oxygens (including phenoxy) is 2. The van der Waals surface area contributed by atoms with Crippen LogP contribution in [-0.4, -0.2) is 23.6 Å². The van der Waals surface area contributed by atoms with Crippen molar-refractivity contribution < 1.29 is 23.6 Å². The van der Waals surface area contributed by atoms with Crippen LogP contribution in [0.5, 0.6) is 5.75 Å². The molecule has 31 heavy (non-hydrogen) atoms. The number of carbonyl (C=O) groups excluding carboxylic acids is 2. The van der Waals surface area contributed by atoms with Gasteiger partial charge < -0.3 is 19.3 Å². The third-order valence-corrected chi connectivity index (χ3v) is 4.79. The van der Waals surface area contributed by atoms with Crippen LogP contribution in [0.2, 0.25) is 0 Å². The van der Waals surface area contributed by atoms with Gasteiger partial charge in [0.05, 0.1) is 23.4 Å². The molecule has 0 saturated heterocycles. The van der Waals surface area contributed by atoms with E-state index in [0.717, 1.165) is 29.9 Å². The van der Waals surface area contributed by atoms with Gasteiger partial charge >= 0.3 is 5.97 Å². The average Bonchev–Trinajstić information content (AvgIpc) is 3.10. The number of hydrogen-bond acceptors (Lipinski definition) is 6. The SMILES string of the molecule is CCCCOC(=O)c1ccc(NC(=O)c2ccc(OCc3c(C)noc3C)cc2)cc1. The van der Waals surface area contributed by atoms with Gasteiger partial charge in [0.15, 0.2) is 0 Å². The summed E-state index contributed by atoms with van der Waals surface area (Å²) in [5.41, 5.74) is 3.25. The van der Waals surface area contributed by atoms with Crippen LogP contribution < -0.4 is 10.1 Å². The van der Waals surface area contributed by atoms with Crippen molar-refractivity contribution in [1.29, 1.82) is 0 Å². The van der Waals surface area contributed by atoms with Crippen LogP contribution in [0.25, 0.3) is 0 Å². The first-order valence-corrected chi connectivity index (χ1v) is 10.2. The van der Waals surface area contributed by atoms with Crippen molar-refractivity contribution in [3.8, 4) is 5.75 Å². The van der Waals surface area contributed by atoms with Gasteiger partial charge in [-0.2, -0.15) is 0 Å². The molecule has 0 saturated carbocycles. The molecule has 2 aromatic carbocycles. The summed E-state index contributed by atoms with van der Waals surface area (Å²) in [6.07, 6.45) is 1.80. The van der Waals surface area contributed by atoms with Gasteiger partial charge in [-0.25, -0.2) is 4.79 Å². The van der Waals surface area contributed by atoms with Gasteiger partial charge in [-0.3, -0.25) is 4.79 Å². The Morgan fingerprint density at radius 2 is 1.68 bits per heavy atom. The van der Waals surface area contributed by atoms with Gasteiger partial charge in [-0.15, -0.1) is 0 Å². The zero-order valence-corrected chi connectivity index (χ0v) is 17.9. The summed E-state index contributed by atoms with van der Waals surface area (Å²) in [6, 6.07) is 13.5. The van der Waals surface area contributed by atoms with Crippen molar-refractivity contribution in [3.63, 3.8) is 0 Å². The fraction of sp³-hybridized carbons (Fsp3) is 0.292. The highest BCUT2D eigenvalue weighted by atomic mass is 16.5. The van der Waals surface area contributed by atoms with Crippen LogP contribution in [0, 0.1) is 13.8 Å². The largest absolute Gasteiger partial charge is 0.489 e. The molecule has 0 aliphatic carbocycles. The van der Waals surface area contributed by atoms with Gasteiger partial charge in [0.2, 0.25) is 0 Å². The van der Waals surface area contributed by atoms with Crippen molar-refractivity contribution in [2.24, 2.45) is 0 Å². The molecule has 0 aliphatic heterocycles. The number of aromatic nitrogens is 1. The highest BCUT2D eigenvalue weighted by molar-refractivity contribution is 6.04. The number of anilines is 1. The Labute approximate surface area is 181 Å². The lowest BCUT2D eigenvalue weighted by molar-refractivity contribution is 0.0499. The Kier molecular flexibility index (Phi) is 7.43. The van der Waals surface area contributed by atoms with Crippen molar-refractivity contribution in [2.45, 2.75) is 40.2 Å². The van der Waals surface area contributed by atoms with Crippen LogP contribution in [0.15, 0.2) is 53.1 Å². The highest BCUT2D eigenvalue weighted by Crippen LogP contribution is 2.19. The molecule has 0 spiro atoms. The minimum atomic E-state index is -0.362. The van der Waals surface area contributed by atoms with Crippen LogP contribution in [0.3, 0.4) is 0 Å². The third kappa shape index (κ3) is 5.94. The number of carbonyl (C=O) groups is 2. The second kappa shape index (κ2) is 10.4. The third-order valence-electron chi connectivity index (χ3n) is 4.79. The fourth-order valence-corrected chi connectivity index (χ4v) is 2.85. The number of nitrogens with zero attached hydrogens (tertiary/aromatic N) is 1. The summed E-state index contributed by atoms with van der Waals surface area (Å²) >= 11 is 0. The number of aryl methyl sites for hydroxylation is 2. The summed E-state index contributed by atoms with van der Waals surface area (Å²) in [5.74, 6) is 0.755. The predicted octanol–water partition coefficient (Wildman–Crippen LogP) is 5.08. The number of amides is 1. The van der Waals surface area contributed by atoms with Crippen LogP contribution in [-0.2, 0) is 11.3 Å². The first kappa shape index (κ1) is 22.1. The number of nitrogens with one attached hydrogen (secondary N) is 1. The van der Waals surface area contributed by atoms with E-state index >= 15 is 0 Å². The number of esters is 1. The molecule has 3 rings (SSSR count). The van der Waals surface area contributed by atoms with E-state index in [-0.39, 0.29) is 11.9 Å². The van der Waals surface area contributed by atoms with Gasteiger partial charge in [0.1, 0.15) is 18.1 Å². The van der Waals surface area contributed by atoms with Crippen molar-refractivity contribution in [3.05, 3.63) is 76.7 Å². The van der Waals surface area contributed by atoms with Crippen molar-refractivity contribution in [1.82, 2.24) is 5.16 Å². The molecule has 0 unspecified atom stereocenters. The smallest absolute Gasteiger partial charge is 0.338 e. The zero-order chi connectivity index (χ0) is 22.2. The Morgan fingerprint density at radius 3 is 2.29 bits per heavy atom. The zero-order valence-electron chi connectivity index (χ0n) is 17.9. The van der Waals surface area contributed by atoms with E-state index in [1.807, 2.05) is 20.8 Å². The van der Waals surface area contributed by atoms with Crippen LogP contribution in [0.4, 0.5) is 5.69 Å². The molecule has 0 atom stereocenters. The van der Waals surface area contributed by atoms with Gasteiger partial charge in [0.25, 0.3) is 5.91 Å². The van der Waals surface area contributed by atoms with Crippen molar-refractivity contribution >= 4 is 17.6 Å². The molecule has 7 heteroatoms. The summed E-state index contributed by atoms with van der Waals surface area (Å²) < 4.78 is 16.1. The topological polar surface area (TPSA) is 90.7 Å². The first-order valence-electron chi connectivity index (χ1n) is 10.2. The second-order valence-electron chi connectivity index (χ2n) is 7.14. The molecule has 162 valence electrons. The molecule has 1 N–H and O–H groups in total. The minimum absolute atomic E-state index is 0.254. The standard InChI is InChI=1S/C24H26N2O5/c1-4-5-14-29-24(28)19-6-10-20(11-7-19)25-23(27)18-8-12-21(13-9-18)30-15-22-16(2)26-31-17(22)3/h6-13H,4-5,14-15H2,1-3H3,(H,25,27). The lowest BCUT2D eigenvalue weighted by Crippen LogP contribution is -2.12. The molecule has 0 bridgehead atoms. The quantitative estimate of drug-likeness (QED) is 0.382.